The van der Waals surface area contributed by atoms with Gasteiger partial charge < -0.3 is 25.8 Å². The van der Waals surface area contributed by atoms with E-state index in [0.717, 1.165) is 24.5 Å². The van der Waals surface area contributed by atoms with Crippen molar-refractivity contribution in [3.63, 3.8) is 0 Å². The van der Waals surface area contributed by atoms with E-state index < -0.39 is 11.8 Å². The van der Waals surface area contributed by atoms with E-state index in [1.54, 1.807) is 12.1 Å². The third-order valence-corrected chi connectivity index (χ3v) is 5.08. The minimum absolute atomic E-state index is 0.0705. The van der Waals surface area contributed by atoms with Crippen LogP contribution in [0.25, 0.3) is 0 Å². The Balaban J connectivity index is 1.58. The lowest BCUT2D eigenvalue weighted by Gasteiger charge is -2.14. The first-order chi connectivity index (χ1) is 15.8. The zero-order chi connectivity index (χ0) is 24.0. The summed E-state index contributed by atoms with van der Waals surface area (Å²) in [4.78, 5) is 41.4. The van der Waals surface area contributed by atoms with Crippen molar-refractivity contribution in [2.24, 2.45) is 10.7 Å². The molecule has 0 aliphatic carbocycles. The van der Waals surface area contributed by atoms with Crippen LogP contribution in [0.5, 0.6) is 5.75 Å². The third-order valence-electron chi connectivity index (χ3n) is 5.08. The molecule has 0 spiro atoms. The molecule has 0 unspecified atom stereocenters. The van der Waals surface area contributed by atoms with E-state index >= 15 is 0 Å². The summed E-state index contributed by atoms with van der Waals surface area (Å²) in [7, 11) is 1.97. The highest BCUT2D eigenvalue weighted by atomic mass is 16.5. The van der Waals surface area contributed by atoms with E-state index in [-0.39, 0.29) is 37.1 Å². The molecule has 10 heteroatoms. The average molecular weight is 451 g/mol. The van der Waals surface area contributed by atoms with E-state index in [1.165, 1.54) is 18.2 Å². The number of Topliss-reactive ketones (excluding diaryl/α,β-unsaturated/α-hetero) is 1. The maximum absolute atomic E-state index is 12.4. The number of ketones is 1. The van der Waals surface area contributed by atoms with Gasteiger partial charge in [0.1, 0.15) is 24.0 Å². The molecule has 0 saturated carbocycles. The molecular formula is C23H25N5O5. The number of amidine groups is 2. The number of nitrogens with one attached hydrogen (secondary N) is 2. The van der Waals surface area contributed by atoms with Crippen LogP contribution >= 0.6 is 0 Å². The molecule has 0 aromatic heterocycles. The lowest BCUT2D eigenvalue weighted by molar-refractivity contribution is -0.148. The smallest absolute Gasteiger partial charge is 0.372 e. The molecule has 0 saturated heterocycles. The summed E-state index contributed by atoms with van der Waals surface area (Å²) in [5, 5.41) is 19.2. The Morgan fingerprint density at radius 2 is 1.88 bits per heavy atom. The summed E-state index contributed by atoms with van der Waals surface area (Å²) >= 11 is 0. The van der Waals surface area contributed by atoms with E-state index in [4.69, 9.17) is 21.0 Å². The van der Waals surface area contributed by atoms with Crippen molar-refractivity contribution in [3.8, 4) is 5.75 Å². The zero-order valence-electron chi connectivity index (χ0n) is 18.1. The highest BCUT2D eigenvalue weighted by Crippen LogP contribution is 2.21. The maximum Gasteiger partial charge on any atom is 0.372 e. The van der Waals surface area contributed by atoms with Crippen LogP contribution < -0.4 is 15.8 Å². The van der Waals surface area contributed by atoms with Crippen LogP contribution in [0.3, 0.4) is 0 Å². The quantitative estimate of drug-likeness (QED) is 0.179. The van der Waals surface area contributed by atoms with Crippen molar-refractivity contribution in [1.82, 2.24) is 10.2 Å². The van der Waals surface area contributed by atoms with Crippen molar-refractivity contribution in [1.29, 1.82) is 5.41 Å². The molecule has 0 radical (unpaired) electrons. The molecule has 0 bridgehead atoms. The van der Waals surface area contributed by atoms with Gasteiger partial charge in [-0.2, -0.15) is 0 Å². The van der Waals surface area contributed by atoms with E-state index in [0.29, 0.717) is 16.7 Å². The van der Waals surface area contributed by atoms with Crippen molar-refractivity contribution < 1.29 is 24.2 Å². The molecule has 1 aliphatic rings. The SMILES string of the molecule is CN1CCN=C1c1ccc(C(=O)NCCOc2cc(C(=N)N)ccc2CC(=O)C(=O)O)cc1. The largest absolute Gasteiger partial charge is 0.491 e. The molecule has 1 heterocycles. The van der Waals surface area contributed by atoms with E-state index in [2.05, 4.69) is 15.2 Å². The van der Waals surface area contributed by atoms with Crippen LogP contribution in [0.15, 0.2) is 47.5 Å². The number of likely N-dealkylation sites (N-methyl/N-ethyl adjacent to an activating group) is 1. The number of nitrogen functional groups attached to an aromatic ring is 1. The number of carbonyl (C=O) groups excluding carboxylic acids is 2. The number of aliphatic imine (C=N–C) groups is 1. The Labute approximate surface area is 190 Å². The Hall–Kier alpha value is -4.21. The van der Waals surface area contributed by atoms with Crippen molar-refractivity contribution in [2.75, 3.05) is 33.3 Å². The van der Waals surface area contributed by atoms with Gasteiger partial charge in [-0.1, -0.05) is 24.3 Å². The van der Waals surface area contributed by atoms with Crippen molar-refractivity contribution in [2.45, 2.75) is 6.42 Å². The second-order valence-electron chi connectivity index (χ2n) is 7.45. The predicted octanol–water partition coefficient (Wildman–Crippen LogP) is 0.668. The number of hydrogen-bond donors (Lipinski definition) is 4. The standard InChI is InChI=1S/C23H25N5O5/c1-28-10-8-26-21(28)14-2-4-15(5-3-14)22(30)27-9-11-33-19-13-17(20(24)25)7-6-16(19)12-18(29)23(31)32/h2-7,13H,8-12H2,1H3,(H3,24,25)(H,27,30)(H,31,32). The molecule has 10 nitrogen and oxygen atoms in total. The summed E-state index contributed by atoms with van der Waals surface area (Å²) in [6.45, 7) is 1.88. The number of nitrogens with two attached hydrogens (primary N) is 1. The van der Waals surface area contributed by atoms with E-state index in [1.807, 2.05) is 19.2 Å². The number of rotatable bonds is 10. The Morgan fingerprint density at radius 1 is 1.18 bits per heavy atom. The Kier molecular flexibility index (Phi) is 7.39. The first-order valence-electron chi connectivity index (χ1n) is 10.3. The first-order valence-corrected chi connectivity index (χ1v) is 10.3. The number of carboxylic acid groups (broad SMARTS) is 1. The van der Waals surface area contributed by atoms with Crippen LogP contribution in [-0.2, 0) is 16.0 Å². The van der Waals surface area contributed by atoms with Crippen LogP contribution in [0.1, 0.15) is 27.0 Å². The minimum atomic E-state index is -1.54. The molecule has 3 rings (SSSR count). The topological polar surface area (TPSA) is 158 Å². The zero-order valence-corrected chi connectivity index (χ0v) is 18.1. The second-order valence-corrected chi connectivity index (χ2v) is 7.45. The average Bonchev–Trinajstić information content (AvgIpc) is 3.23. The van der Waals surface area contributed by atoms with Crippen molar-refractivity contribution in [3.05, 3.63) is 64.7 Å². The summed E-state index contributed by atoms with van der Waals surface area (Å²) in [6, 6.07) is 11.6. The monoisotopic (exact) mass is 451 g/mol. The Morgan fingerprint density at radius 3 is 2.48 bits per heavy atom. The Bertz CT molecular complexity index is 1110. The van der Waals surface area contributed by atoms with Crippen LogP contribution in [0.4, 0.5) is 0 Å². The van der Waals surface area contributed by atoms with Gasteiger partial charge in [0.05, 0.1) is 13.1 Å². The molecule has 172 valence electrons. The number of aliphatic carboxylic acids is 1. The number of carboxylic acids is 1. The van der Waals surface area contributed by atoms with Gasteiger partial charge in [-0.15, -0.1) is 0 Å². The van der Waals surface area contributed by atoms with Gasteiger partial charge in [0.2, 0.25) is 5.78 Å². The first kappa shape index (κ1) is 23.5. The third kappa shape index (κ3) is 5.94. The number of benzene rings is 2. The molecule has 1 amide bonds. The lowest BCUT2D eigenvalue weighted by Crippen LogP contribution is -2.28. The molecule has 1 aliphatic heterocycles. The molecular weight excluding hydrogens is 426 g/mol. The van der Waals surface area contributed by atoms with Gasteiger partial charge in [0.15, 0.2) is 0 Å². The highest BCUT2D eigenvalue weighted by molar-refractivity contribution is 6.33. The molecule has 0 atom stereocenters. The molecule has 0 fully saturated rings. The fourth-order valence-corrected chi connectivity index (χ4v) is 3.29. The number of nitrogens with zero attached hydrogens (tertiary/aromatic N) is 2. The molecule has 33 heavy (non-hydrogen) atoms. The van der Waals surface area contributed by atoms with Gasteiger partial charge >= 0.3 is 5.97 Å². The summed E-state index contributed by atoms with van der Waals surface area (Å²) in [6.07, 6.45) is -0.359. The molecule has 5 N–H and O–H groups in total. The highest BCUT2D eigenvalue weighted by Gasteiger charge is 2.17. The van der Waals surface area contributed by atoms with Crippen molar-refractivity contribution >= 4 is 29.3 Å². The summed E-state index contributed by atoms with van der Waals surface area (Å²) < 4.78 is 5.66. The van der Waals surface area contributed by atoms with Gasteiger partial charge in [0, 0.05) is 42.3 Å². The number of amides is 1. The van der Waals surface area contributed by atoms with Gasteiger partial charge in [-0.3, -0.25) is 20.0 Å². The lowest BCUT2D eigenvalue weighted by atomic mass is 10.0. The van der Waals surface area contributed by atoms with E-state index in [9.17, 15) is 14.4 Å². The van der Waals surface area contributed by atoms with Crippen LogP contribution in [0.2, 0.25) is 0 Å². The molecule has 2 aromatic carbocycles. The van der Waals surface area contributed by atoms with Crippen LogP contribution in [0, 0.1) is 5.41 Å². The molecule has 2 aromatic rings. The van der Waals surface area contributed by atoms with Crippen LogP contribution in [-0.4, -0.2) is 72.6 Å². The van der Waals surface area contributed by atoms with Gasteiger partial charge in [-0.25, -0.2) is 4.79 Å². The fourth-order valence-electron chi connectivity index (χ4n) is 3.29. The summed E-state index contributed by atoms with van der Waals surface area (Å²) in [5.41, 5.74) is 7.67. The number of hydrogen-bond acceptors (Lipinski definition) is 7. The van der Waals surface area contributed by atoms with Gasteiger partial charge in [-0.05, 0) is 18.2 Å². The normalized spacial score (nSPS) is 12.8. The predicted molar refractivity (Wildman–Crippen MR) is 122 cm³/mol. The summed E-state index contributed by atoms with van der Waals surface area (Å²) in [5.74, 6) is -1.85. The maximum atomic E-state index is 12.4. The minimum Gasteiger partial charge on any atom is -0.491 e. The fraction of sp³-hybridized carbons (Fsp3) is 0.261. The number of ether oxygens (including phenoxy) is 1. The second kappa shape index (κ2) is 10.4. The van der Waals surface area contributed by atoms with Gasteiger partial charge in [0.25, 0.3) is 5.91 Å². The number of carbonyl (C=O) groups is 3.